The molecule has 0 radical (unpaired) electrons. The Labute approximate surface area is 110 Å². The lowest BCUT2D eigenvalue weighted by atomic mass is 9.77. The van der Waals surface area contributed by atoms with Gasteiger partial charge in [-0.25, -0.2) is 0 Å². The molecule has 0 unspecified atom stereocenters. The second-order valence-electron chi connectivity index (χ2n) is 5.80. The van der Waals surface area contributed by atoms with E-state index < -0.39 is 0 Å². The summed E-state index contributed by atoms with van der Waals surface area (Å²) in [5.74, 6) is 1.03. The molecule has 1 saturated carbocycles. The molecule has 0 bridgehead atoms. The van der Waals surface area contributed by atoms with Crippen LogP contribution in [0.3, 0.4) is 0 Å². The number of carbonyl (C=O) groups excluding carboxylic acids is 1. The molecular formula is C14H26N2O2. The third-order valence-electron chi connectivity index (χ3n) is 4.63. The van der Waals surface area contributed by atoms with E-state index in [0.29, 0.717) is 12.3 Å². The Morgan fingerprint density at radius 2 is 2.06 bits per heavy atom. The van der Waals surface area contributed by atoms with Crippen LogP contribution in [0.15, 0.2) is 0 Å². The average Bonchev–Trinajstić information content (AvgIpc) is 2.35. The molecule has 2 aliphatic rings. The van der Waals surface area contributed by atoms with Crippen LogP contribution < -0.4 is 5.32 Å². The highest BCUT2D eigenvalue weighted by molar-refractivity contribution is 5.77. The van der Waals surface area contributed by atoms with Crippen LogP contribution in [0.2, 0.25) is 0 Å². The molecule has 0 aromatic rings. The van der Waals surface area contributed by atoms with Crippen molar-refractivity contribution in [2.75, 3.05) is 33.8 Å². The van der Waals surface area contributed by atoms with Crippen LogP contribution in [0.1, 0.15) is 38.5 Å². The molecule has 0 atom stereocenters. The van der Waals surface area contributed by atoms with E-state index in [9.17, 15) is 4.79 Å². The molecule has 1 N–H and O–H groups in total. The molecule has 104 valence electrons. The minimum Gasteiger partial charge on any atom is -0.378 e. The molecule has 1 heterocycles. The Morgan fingerprint density at radius 1 is 1.39 bits per heavy atom. The van der Waals surface area contributed by atoms with Gasteiger partial charge in [-0.3, -0.25) is 4.79 Å². The number of nitrogens with one attached hydrogen (secondary N) is 1. The minimum absolute atomic E-state index is 0.126. The molecular weight excluding hydrogens is 228 g/mol. The van der Waals surface area contributed by atoms with Gasteiger partial charge in [0.05, 0.1) is 12.0 Å². The van der Waals surface area contributed by atoms with E-state index in [1.807, 2.05) is 11.9 Å². The fourth-order valence-corrected chi connectivity index (χ4v) is 3.09. The summed E-state index contributed by atoms with van der Waals surface area (Å²) in [6.45, 7) is 2.92. The SMILES string of the molecule is CNCC1CCN(C(=O)CC2(OC)CCC2)CC1. The number of hydrogen-bond donors (Lipinski definition) is 1. The maximum Gasteiger partial charge on any atom is 0.225 e. The highest BCUT2D eigenvalue weighted by Gasteiger charge is 2.40. The van der Waals surface area contributed by atoms with E-state index in [2.05, 4.69) is 5.32 Å². The Morgan fingerprint density at radius 3 is 2.50 bits per heavy atom. The number of rotatable bonds is 5. The van der Waals surface area contributed by atoms with Crippen LogP contribution in [-0.2, 0) is 9.53 Å². The second kappa shape index (κ2) is 6.02. The highest BCUT2D eigenvalue weighted by Crippen LogP contribution is 2.38. The summed E-state index contributed by atoms with van der Waals surface area (Å²) in [7, 11) is 3.74. The van der Waals surface area contributed by atoms with Gasteiger partial charge < -0.3 is 15.0 Å². The Kier molecular flexibility index (Phi) is 4.62. The van der Waals surface area contributed by atoms with Crippen LogP contribution in [0, 0.1) is 5.92 Å². The van der Waals surface area contributed by atoms with E-state index in [1.54, 1.807) is 7.11 Å². The molecule has 2 fully saturated rings. The number of methoxy groups -OCH3 is 1. The van der Waals surface area contributed by atoms with Crippen molar-refractivity contribution in [3.05, 3.63) is 0 Å². The van der Waals surface area contributed by atoms with Crippen molar-refractivity contribution in [3.8, 4) is 0 Å². The maximum absolute atomic E-state index is 12.3. The monoisotopic (exact) mass is 254 g/mol. The Balaban J connectivity index is 1.77. The molecule has 18 heavy (non-hydrogen) atoms. The molecule has 1 aliphatic heterocycles. The summed E-state index contributed by atoms with van der Waals surface area (Å²) in [6, 6.07) is 0. The molecule has 4 nitrogen and oxygen atoms in total. The van der Waals surface area contributed by atoms with Crippen molar-refractivity contribution < 1.29 is 9.53 Å². The van der Waals surface area contributed by atoms with Crippen LogP contribution in [0.5, 0.6) is 0 Å². The minimum atomic E-state index is -0.126. The van der Waals surface area contributed by atoms with Crippen LogP contribution in [0.25, 0.3) is 0 Å². The Bertz CT molecular complexity index is 276. The number of likely N-dealkylation sites (tertiary alicyclic amines) is 1. The standard InChI is InChI=1S/C14H26N2O2/c1-15-11-12-4-8-16(9-5-12)13(17)10-14(18-2)6-3-7-14/h12,15H,3-11H2,1-2H3. The fourth-order valence-electron chi connectivity index (χ4n) is 3.09. The quantitative estimate of drug-likeness (QED) is 0.806. The van der Waals surface area contributed by atoms with Gasteiger partial charge in [-0.2, -0.15) is 0 Å². The van der Waals surface area contributed by atoms with Crippen molar-refractivity contribution in [1.82, 2.24) is 10.2 Å². The lowest BCUT2D eigenvalue weighted by Crippen LogP contribution is -2.47. The van der Waals surface area contributed by atoms with Gasteiger partial charge in [-0.15, -0.1) is 0 Å². The Hall–Kier alpha value is -0.610. The lowest BCUT2D eigenvalue weighted by Gasteiger charge is -2.42. The molecule has 1 saturated heterocycles. The average molecular weight is 254 g/mol. The third-order valence-corrected chi connectivity index (χ3v) is 4.63. The number of hydrogen-bond acceptors (Lipinski definition) is 3. The van der Waals surface area contributed by atoms with Crippen LogP contribution in [-0.4, -0.2) is 50.2 Å². The normalized spacial score (nSPS) is 23.8. The zero-order valence-corrected chi connectivity index (χ0v) is 11.7. The first kappa shape index (κ1) is 13.8. The summed E-state index contributed by atoms with van der Waals surface area (Å²) >= 11 is 0. The first-order valence-corrected chi connectivity index (χ1v) is 7.17. The molecule has 1 amide bonds. The number of amides is 1. The largest absolute Gasteiger partial charge is 0.378 e. The van der Waals surface area contributed by atoms with Crippen molar-refractivity contribution in [3.63, 3.8) is 0 Å². The van der Waals surface area contributed by atoms with Gasteiger partial charge in [-0.05, 0) is 51.6 Å². The smallest absolute Gasteiger partial charge is 0.225 e. The first-order chi connectivity index (χ1) is 8.69. The molecule has 1 aliphatic carbocycles. The number of nitrogens with zero attached hydrogens (tertiary/aromatic N) is 1. The summed E-state index contributed by atoms with van der Waals surface area (Å²) in [5, 5.41) is 3.22. The highest BCUT2D eigenvalue weighted by atomic mass is 16.5. The zero-order chi connectivity index (χ0) is 13.0. The molecule has 0 spiro atoms. The number of piperidine rings is 1. The van der Waals surface area contributed by atoms with E-state index >= 15 is 0 Å². The topological polar surface area (TPSA) is 41.6 Å². The van der Waals surface area contributed by atoms with Crippen LogP contribution in [0.4, 0.5) is 0 Å². The maximum atomic E-state index is 12.3. The van der Waals surface area contributed by atoms with Gasteiger partial charge >= 0.3 is 0 Å². The predicted molar refractivity (Wildman–Crippen MR) is 71.4 cm³/mol. The van der Waals surface area contributed by atoms with E-state index in [-0.39, 0.29) is 5.60 Å². The summed E-state index contributed by atoms with van der Waals surface area (Å²) < 4.78 is 5.54. The van der Waals surface area contributed by atoms with E-state index in [1.165, 1.54) is 6.42 Å². The van der Waals surface area contributed by atoms with Crippen LogP contribution >= 0.6 is 0 Å². The molecule has 0 aromatic carbocycles. The van der Waals surface area contributed by atoms with Gasteiger partial charge in [0.2, 0.25) is 5.91 Å². The number of ether oxygens (including phenoxy) is 1. The van der Waals surface area contributed by atoms with Crippen molar-refractivity contribution in [1.29, 1.82) is 0 Å². The van der Waals surface area contributed by atoms with Gasteiger partial charge in [0.1, 0.15) is 0 Å². The van der Waals surface area contributed by atoms with Crippen molar-refractivity contribution in [2.24, 2.45) is 5.92 Å². The number of carbonyl (C=O) groups is 1. The van der Waals surface area contributed by atoms with Gasteiger partial charge in [0.15, 0.2) is 0 Å². The molecule has 0 aromatic heterocycles. The fraction of sp³-hybridized carbons (Fsp3) is 0.929. The van der Waals surface area contributed by atoms with Gasteiger partial charge in [-0.1, -0.05) is 0 Å². The summed E-state index contributed by atoms with van der Waals surface area (Å²) in [4.78, 5) is 14.3. The lowest BCUT2D eigenvalue weighted by molar-refractivity contribution is -0.145. The predicted octanol–water partition coefficient (Wildman–Crippen LogP) is 1.40. The zero-order valence-electron chi connectivity index (χ0n) is 11.7. The van der Waals surface area contributed by atoms with Crippen molar-refractivity contribution >= 4 is 5.91 Å². The van der Waals surface area contributed by atoms with Gasteiger partial charge in [0, 0.05) is 20.2 Å². The first-order valence-electron chi connectivity index (χ1n) is 7.17. The summed E-state index contributed by atoms with van der Waals surface area (Å²) in [6.07, 6.45) is 6.14. The van der Waals surface area contributed by atoms with Gasteiger partial charge in [0.25, 0.3) is 0 Å². The third kappa shape index (κ3) is 3.04. The van der Waals surface area contributed by atoms with Crippen molar-refractivity contribution in [2.45, 2.75) is 44.1 Å². The van der Waals surface area contributed by atoms with E-state index in [4.69, 9.17) is 4.74 Å². The molecule has 2 rings (SSSR count). The summed E-state index contributed by atoms with van der Waals surface area (Å²) in [5.41, 5.74) is -0.126. The second-order valence-corrected chi connectivity index (χ2v) is 5.80. The molecule has 4 heteroatoms. The van der Waals surface area contributed by atoms with E-state index in [0.717, 1.165) is 51.2 Å².